The van der Waals surface area contributed by atoms with Crippen LogP contribution in [0.2, 0.25) is 10.3 Å². The lowest BCUT2D eigenvalue weighted by Gasteiger charge is -2.11. The van der Waals surface area contributed by atoms with Gasteiger partial charge < -0.3 is 0 Å². The zero-order valence-electron chi connectivity index (χ0n) is 9.51. The highest BCUT2D eigenvalue weighted by atomic mass is 35.5. The maximum Gasteiger partial charge on any atom is 0.137 e. The van der Waals surface area contributed by atoms with Crippen LogP contribution in [-0.4, -0.2) is 9.97 Å². The predicted octanol–water partition coefficient (Wildman–Crippen LogP) is 4.11. The van der Waals surface area contributed by atoms with E-state index in [9.17, 15) is 0 Å². The SMILES string of the molecule is CC(C)Cc1c(Cl)nc(C(C)C)nc1Cl. The molecule has 0 aliphatic carbocycles. The van der Waals surface area contributed by atoms with Gasteiger partial charge in [-0.05, 0) is 12.3 Å². The standard InChI is InChI=1S/C11H16Cl2N2/c1-6(2)5-8-9(12)14-11(7(3)4)15-10(8)13/h6-7H,5H2,1-4H3. The molecular weight excluding hydrogens is 231 g/mol. The minimum atomic E-state index is 0.244. The van der Waals surface area contributed by atoms with Gasteiger partial charge in [0.15, 0.2) is 0 Å². The monoisotopic (exact) mass is 246 g/mol. The van der Waals surface area contributed by atoms with Crippen LogP contribution in [0.1, 0.15) is 45.0 Å². The fraction of sp³-hybridized carbons (Fsp3) is 0.636. The summed E-state index contributed by atoms with van der Waals surface area (Å²) < 4.78 is 0. The summed E-state index contributed by atoms with van der Waals surface area (Å²) >= 11 is 12.2. The summed E-state index contributed by atoms with van der Waals surface area (Å²) in [6.45, 7) is 8.26. The second kappa shape index (κ2) is 5.13. The molecule has 0 radical (unpaired) electrons. The van der Waals surface area contributed by atoms with Crippen molar-refractivity contribution in [2.45, 2.75) is 40.0 Å². The first-order valence-corrected chi connectivity index (χ1v) is 5.89. The van der Waals surface area contributed by atoms with Gasteiger partial charge in [-0.15, -0.1) is 0 Å². The Morgan fingerprint density at radius 2 is 1.47 bits per heavy atom. The number of rotatable bonds is 3. The van der Waals surface area contributed by atoms with E-state index >= 15 is 0 Å². The molecule has 1 heterocycles. The Labute approximate surface area is 101 Å². The summed E-state index contributed by atoms with van der Waals surface area (Å²) in [4.78, 5) is 8.51. The van der Waals surface area contributed by atoms with Crippen LogP contribution in [-0.2, 0) is 6.42 Å². The fourth-order valence-electron chi connectivity index (χ4n) is 1.28. The van der Waals surface area contributed by atoms with Gasteiger partial charge >= 0.3 is 0 Å². The molecule has 1 aromatic heterocycles. The van der Waals surface area contributed by atoms with E-state index in [4.69, 9.17) is 23.2 Å². The molecule has 0 aromatic carbocycles. The van der Waals surface area contributed by atoms with Gasteiger partial charge in [0, 0.05) is 11.5 Å². The Bertz CT molecular complexity index is 325. The van der Waals surface area contributed by atoms with E-state index in [0.29, 0.717) is 22.0 Å². The fourth-order valence-corrected chi connectivity index (χ4v) is 1.84. The highest BCUT2D eigenvalue weighted by Gasteiger charge is 2.14. The molecule has 0 amide bonds. The Balaban J connectivity index is 3.10. The summed E-state index contributed by atoms with van der Waals surface area (Å²) in [5.41, 5.74) is 0.859. The Morgan fingerprint density at radius 3 is 1.80 bits per heavy atom. The van der Waals surface area contributed by atoms with Crippen molar-refractivity contribution in [1.82, 2.24) is 9.97 Å². The van der Waals surface area contributed by atoms with Gasteiger partial charge in [-0.1, -0.05) is 50.9 Å². The van der Waals surface area contributed by atoms with E-state index in [1.54, 1.807) is 0 Å². The number of nitrogens with zero attached hydrogens (tertiary/aromatic N) is 2. The van der Waals surface area contributed by atoms with Crippen molar-refractivity contribution >= 4 is 23.2 Å². The normalized spacial score (nSPS) is 11.5. The van der Waals surface area contributed by atoms with E-state index in [2.05, 4.69) is 23.8 Å². The van der Waals surface area contributed by atoms with Crippen molar-refractivity contribution in [2.75, 3.05) is 0 Å². The van der Waals surface area contributed by atoms with Crippen molar-refractivity contribution in [3.63, 3.8) is 0 Å². The van der Waals surface area contributed by atoms with Crippen LogP contribution >= 0.6 is 23.2 Å². The summed E-state index contributed by atoms with van der Waals surface area (Å²) in [5, 5.41) is 0.986. The molecule has 4 heteroatoms. The largest absolute Gasteiger partial charge is 0.221 e. The van der Waals surface area contributed by atoms with Gasteiger partial charge in [-0.3, -0.25) is 0 Å². The third kappa shape index (κ3) is 3.32. The number of halogens is 2. The highest BCUT2D eigenvalue weighted by Crippen LogP contribution is 2.26. The molecule has 0 saturated carbocycles. The van der Waals surface area contributed by atoms with Crippen LogP contribution in [0.25, 0.3) is 0 Å². The molecule has 0 bridgehead atoms. The average molecular weight is 247 g/mol. The Morgan fingerprint density at radius 1 is 1.00 bits per heavy atom. The molecule has 0 spiro atoms. The number of hydrogen-bond acceptors (Lipinski definition) is 2. The minimum absolute atomic E-state index is 0.244. The molecule has 0 fully saturated rings. The minimum Gasteiger partial charge on any atom is -0.221 e. The van der Waals surface area contributed by atoms with Gasteiger partial charge in [-0.2, -0.15) is 0 Å². The van der Waals surface area contributed by atoms with E-state index < -0.39 is 0 Å². The lowest BCUT2D eigenvalue weighted by atomic mass is 10.1. The number of aromatic nitrogens is 2. The Hall–Kier alpha value is -0.340. The van der Waals surface area contributed by atoms with Gasteiger partial charge in [0.25, 0.3) is 0 Å². The zero-order chi connectivity index (χ0) is 11.6. The van der Waals surface area contributed by atoms with Crippen molar-refractivity contribution in [1.29, 1.82) is 0 Å². The van der Waals surface area contributed by atoms with E-state index in [1.807, 2.05) is 13.8 Å². The lowest BCUT2D eigenvalue weighted by Crippen LogP contribution is -2.04. The molecule has 0 unspecified atom stereocenters. The van der Waals surface area contributed by atoms with Crippen molar-refractivity contribution in [2.24, 2.45) is 5.92 Å². The summed E-state index contributed by atoms with van der Waals surface area (Å²) in [7, 11) is 0. The molecule has 1 rings (SSSR count). The van der Waals surface area contributed by atoms with E-state index in [1.165, 1.54) is 0 Å². The Kier molecular flexibility index (Phi) is 4.35. The predicted molar refractivity (Wildman–Crippen MR) is 64.7 cm³/mol. The zero-order valence-corrected chi connectivity index (χ0v) is 11.0. The first kappa shape index (κ1) is 12.7. The number of hydrogen-bond donors (Lipinski definition) is 0. The molecule has 0 atom stereocenters. The molecule has 0 N–H and O–H groups in total. The van der Waals surface area contributed by atoms with E-state index in [0.717, 1.165) is 12.0 Å². The molecule has 2 nitrogen and oxygen atoms in total. The third-order valence-electron chi connectivity index (χ3n) is 2.05. The van der Waals surface area contributed by atoms with Crippen LogP contribution in [0.15, 0.2) is 0 Å². The summed E-state index contributed by atoms with van der Waals surface area (Å²) in [6.07, 6.45) is 0.816. The summed E-state index contributed by atoms with van der Waals surface area (Å²) in [5.74, 6) is 1.44. The molecule has 0 aliphatic rings. The quantitative estimate of drug-likeness (QED) is 0.751. The van der Waals surface area contributed by atoms with Crippen LogP contribution in [0.4, 0.5) is 0 Å². The van der Waals surface area contributed by atoms with Crippen LogP contribution in [0.5, 0.6) is 0 Å². The highest BCUT2D eigenvalue weighted by molar-refractivity contribution is 6.34. The molecule has 15 heavy (non-hydrogen) atoms. The molecule has 84 valence electrons. The van der Waals surface area contributed by atoms with Crippen LogP contribution in [0, 0.1) is 5.92 Å². The second-order valence-electron chi connectivity index (χ2n) is 4.39. The van der Waals surface area contributed by atoms with Crippen molar-refractivity contribution in [3.05, 3.63) is 21.7 Å². The van der Waals surface area contributed by atoms with Crippen molar-refractivity contribution in [3.8, 4) is 0 Å². The van der Waals surface area contributed by atoms with E-state index in [-0.39, 0.29) is 5.92 Å². The van der Waals surface area contributed by atoms with Crippen LogP contribution in [0.3, 0.4) is 0 Å². The van der Waals surface area contributed by atoms with Gasteiger partial charge in [0.1, 0.15) is 16.1 Å². The lowest BCUT2D eigenvalue weighted by molar-refractivity contribution is 0.640. The molecule has 1 aromatic rings. The van der Waals surface area contributed by atoms with Gasteiger partial charge in [0.2, 0.25) is 0 Å². The van der Waals surface area contributed by atoms with Gasteiger partial charge in [-0.25, -0.2) is 9.97 Å². The topological polar surface area (TPSA) is 25.8 Å². The molecule has 0 saturated heterocycles. The third-order valence-corrected chi connectivity index (χ3v) is 2.68. The smallest absolute Gasteiger partial charge is 0.137 e. The first-order valence-electron chi connectivity index (χ1n) is 5.13. The van der Waals surface area contributed by atoms with Crippen LogP contribution < -0.4 is 0 Å². The first-order chi connectivity index (χ1) is 6.91. The second-order valence-corrected chi connectivity index (χ2v) is 5.11. The maximum atomic E-state index is 6.09. The molecular formula is C11H16Cl2N2. The average Bonchev–Trinajstić information content (AvgIpc) is 2.10. The maximum absolute atomic E-state index is 6.09. The van der Waals surface area contributed by atoms with Crippen molar-refractivity contribution < 1.29 is 0 Å². The van der Waals surface area contributed by atoms with Gasteiger partial charge in [0.05, 0.1) is 0 Å². The molecule has 0 aliphatic heterocycles. The summed E-state index contributed by atoms with van der Waals surface area (Å²) in [6, 6.07) is 0.